The van der Waals surface area contributed by atoms with E-state index in [1.807, 2.05) is 27.7 Å². The zero-order chi connectivity index (χ0) is 20.1. The molecule has 0 radical (unpaired) electrons. The number of methoxy groups -OCH3 is 1. The molecule has 0 bridgehead atoms. The maximum absolute atomic E-state index is 13.0. The predicted molar refractivity (Wildman–Crippen MR) is 103 cm³/mol. The number of ketones is 2. The van der Waals surface area contributed by atoms with Crippen molar-refractivity contribution in [2.24, 2.45) is 0 Å². The van der Waals surface area contributed by atoms with E-state index in [1.54, 1.807) is 6.92 Å². The topological polar surface area (TPSA) is 72.8 Å². The fourth-order valence-electron chi connectivity index (χ4n) is 4.05. The van der Waals surface area contributed by atoms with Crippen LogP contribution in [0.25, 0.3) is 0 Å². The van der Waals surface area contributed by atoms with Gasteiger partial charge in [-0.2, -0.15) is 0 Å². The molecule has 27 heavy (non-hydrogen) atoms. The lowest BCUT2D eigenvalue weighted by Gasteiger charge is -2.28. The van der Waals surface area contributed by atoms with E-state index in [9.17, 15) is 14.7 Å². The zero-order valence-electron chi connectivity index (χ0n) is 16.7. The van der Waals surface area contributed by atoms with Gasteiger partial charge in [0.05, 0.1) is 12.7 Å². The quantitative estimate of drug-likeness (QED) is 0.791. The van der Waals surface area contributed by atoms with Gasteiger partial charge in [-0.05, 0) is 46.6 Å². The van der Waals surface area contributed by atoms with Crippen LogP contribution in [-0.4, -0.2) is 29.9 Å². The van der Waals surface area contributed by atoms with Gasteiger partial charge in [0.25, 0.3) is 0 Å². The molecule has 0 saturated carbocycles. The van der Waals surface area contributed by atoms with Crippen molar-refractivity contribution in [3.63, 3.8) is 0 Å². The van der Waals surface area contributed by atoms with E-state index in [1.165, 1.54) is 18.7 Å². The average Bonchev–Trinajstić information content (AvgIpc) is 2.85. The first-order valence-corrected chi connectivity index (χ1v) is 9.18. The molecule has 3 rings (SSSR count). The summed E-state index contributed by atoms with van der Waals surface area (Å²) in [6.07, 6.45) is 3.52. The molecule has 1 aromatic carbocycles. The minimum absolute atomic E-state index is 0.0102. The number of carbonyl (C=O) groups is 2. The largest absolute Gasteiger partial charge is 0.507 e. The molecular formula is C22H26O5. The van der Waals surface area contributed by atoms with Crippen LogP contribution in [-0.2, 0) is 10.2 Å². The lowest BCUT2D eigenvalue weighted by atomic mass is 9.73. The smallest absolute Gasteiger partial charge is 0.228 e. The van der Waals surface area contributed by atoms with Crippen LogP contribution in [0, 0.1) is 0 Å². The summed E-state index contributed by atoms with van der Waals surface area (Å²) in [6, 6.07) is 1.39. The van der Waals surface area contributed by atoms with Crippen LogP contribution < -0.4 is 4.74 Å². The van der Waals surface area contributed by atoms with Crippen molar-refractivity contribution in [3.8, 4) is 11.5 Å². The molecule has 0 amide bonds. The van der Waals surface area contributed by atoms with Crippen molar-refractivity contribution < 1.29 is 24.2 Å². The van der Waals surface area contributed by atoms with Crippen molar-refractivity contribution in [2.45, 2.75) is 59.0 Å². The van der Waals surface area contributed by atoms with Gasteiger partial charge in [0.2, 0.25) is 5.78 Å². The first-order valence-electron chi connectivity index (χ1n) is 9.18. The van der Waals surface area contributed by atoms with Gasteiger partial charge in [0.1, 0.15) is 17.6 Å². The Labute approximate surface area is 159 Å². The minimum Gasteiger partial charge on any atom is -0.507 e. The monoisotopic (exact) mass is 370 g/mol. The SMILES string of the molecule is COC1=C(C)C(=O)c2c(cc(O)c3c2OC(C)C3(C)CCC=C(C)C)C1=O. The summed E-state index contributed by atoms with van der Waals surface area (Å²) in [4.78, 5) is 25.7. The van der Waals surface area contributed by atoms with Crippen LogP contribution >= 0.6 is 0 Å². The molecule has 1 heterocycles. The third-order valence-corrected chi connectivity index (χ3v) is 5.80. The molecule has 144 valence electrons. The molecule has 1 aliphatic heterocycles. The summed E-state index contributed by atoms with van der Waals surface area (Å²) < 4.78 is 11.2. The lowest BCUT2D eigenvalue weighted by molar-refractivity contribution is 0.0902. The number of aromatic hydroxyl groups is 1. The number of hydrogen-bond acceptors (Lipinski definition) is 5. The second kappa shape index (κ2) is 6.55. The third kappa shape index (κ3) is 2.76. The Morgan fingerprint density at radius 1 is 1.33 bits per heavy atom. The molecule has 1 aromatic rings. The molecule has 5 heteroatoms. The Bertz CT molecular complexity index is 902. The van der Waals surface area contributed by atoms with Crippen LogP contribution in [0.5, 0.6) is 11.5 Å². The molecule has 0 saturated heterocycles. The number of carbonyl (C=O) groups excluding carboxylic acids is 2. The minimum atomic E-state index is -0.455. The first-order chi connectivity index (χ1) is 12.6. The maximum atomic E-state index is 13.0. The molecule has 1 N–H and O–H groups in total. The number of hydrogen-bond donors (Lipinski definition) is 1. The van der Waals surface area contributed by atoms with E-state index in [4.69, 9.17) is 9.47 Å². The highest BCUT2D eigenvalue weighted by atomic mass is 16.5. The molecule has 0 spiro atoms. The Morgan fingerprint density at radius 3 is 2.59 bits per heavy atom. The molecule has 2 unspecified atom stereocenters. The van der Waals surface area contributed by atoms with E-state index < -0.39 is 11.2 Å². The van der Waals surface area contributed by atoms with E-state index in [-0.39, 0.29) is 40.1 Å². The molecular weight excluding hydrogens is 344 g/mol. The Morgan fingerprint density at radius 2 is 2.00 bits per heavy atom. The summed E-state index contributed by atoms with van der Waals surface area (Å²) in [7, 11) is 1.36. The Kier molecular flexibility index (Phi) is 4.66. The van der Waals surface area contributed by atoms with Gasteiger partial charge in [-0.1, -0.05) is 18.6 Å². The number of Topliss-reactive ketones (excluding diaryl/α,β-unsaturated/α-hetero) is 2. The third-order valence-electron chi connectivity index (χ3n) is 5.80. The normalized spacial score (nSPS) is 23.7. The van der Waals surface area contributed by atoms with Gasteiger partial charge in [-0.3, -0.25) is 9.59 Å². The fraction of sp³-hybridized carbons (Fsp3) is 0.455. The van der Waals surface area contributed by atoms with Crippen molar-refractivity contribution in [2.75, 3.05) is 7.11 Å². The van der Waals surface area contributed by atoms with Crippen LogP contribution in [0.1, 0.15) is 73.7 Å². The number of phenols is 1. The summed E-state index contributed by atoms with van der Waals surface area (Å²) in [5.74, 6) is -0.353. The highest BCUT2D eigenvalue weighted by molar-refractivity contribution is 6.27. The molecule has 0 aromatic heterocycles. The number of benzene rings is 1. The van der Waals surface area contributed by atoms with Crippen LogP contribution in [0.4, 0.5) is 0 Å². The first kappa shape index (κ1) is 19.2. The molecule has 5 nitrogen and oxygen atoms in total. The number of ether oxygens (including phenoxy) is 2. The van der Waals surface area contributed by atoms with E-state index in [0.717, 1.165) is 12.8 Å². The van der Waals surface area contributed by atoms with Crippen molar-refractivity contribution in [1.82, 2.24) is 0 Å². The van der Waals surface area contributed by atoms with Gasteiger partial charge in [0.15, 0.2) is 11.5 Å². The predicted octanol–water partition coefficient (Wildman–Crippen LogP) is 4.48. The summed E-state index contributed by atoms with van der Waals surface area (Å²) in [6.45, 7) is 9.64. The molecule has 2 atom stereocenters. The summed E-state index contributed by atoms with van der Waals surface area (Å²) in [5, 5.41) is 10.8. The second-order valence-electron chi connectivity index (χ2n) is 7.84. The maximum Gasteiger partial charge on any atom is 0.228 e. The molecule has 0 fully saturated rings. The summed E-state index contributed by atoms with van der Waals surface area (Å²) >= 11 is 0. The average molecular weight is 370 g/mol. The van der Waals surface area contributed by atoms with Gasteiger partial charge in [0, 0.05) is 22.1 Å². The zero-order valence-corrected chi connectivity index (χ0v) is 16.7. The van der Waals surface area contributed by atoms with Crippen molar-refractivity contribution >= 4 is 11.6 Å². The number of fused-ring (bicyclic) bond motifs is 3. The van der Waals surface area contributed by atoms with E-state index >= 15 is 0 Å². The van der Waals surface area contributed by atoms with Gasteiger partial charge in [-0.25, -0.2) is 0 Å². The lowest BCUT2D eigenvalue weighted by Crippen LogP contribution is -2.32. The Balaban J connectivity index is 2.18. The number of rotatable bonds is 4. The molecule has 1 aliphatic carbocycles. The highest BCUT2D eigenvalue weighted by Gasteiger charge is 2.48. The second-order valence-corrected chi connectivity index (χ2v) is 7.84. The van der Waals surface area contributed by atoms with Crippen LogP contribution in [0.3, 0.4) is 0 Å². The highest BCUT2D eigenvalue weighted by Crippen LogP contribution is 2.53. The van der Waals surface area contributed by atoms with Gasteiger partial charge < -0.3 is 14.6 Å². The van der Waals surface area contributed by atoms with Crippen molar-refractivity contribution in [3.05, 3.63) is 45.7 Å². The fourth-order valence-corrected chi connectivity index (χ4v) is 4.05. The standard InChI is InChI=1S/C22H26O5/c1-11(2)8-7-9-22(5)13(4)27-21-16-14(10-15(23)17(21)22)19(25)20(26-6)12(3)18(16)24/h8,10,13,23H,7,9H2,1-6H3. The van der Waals surface area contributed by atoms with Gasteiger partial charge in [-0.15, -0.1) is 0 Å². The van der Waals surface area contributed by atoms with Crippen LogP contribution in [0.2, 0.25) is 0 Å². The van der Waals surface area contributed by atoms with Gasteiger partial charge >= 0.3 is 0 Å². The number of phenolic OH excluding ortho intramolecular Hbond substituents is 1. The molecule has 2 aliphatic rings. The Hall–Kier alpha value is -2.56. The summed E-state index contributed by atoms with van der Waals surface area (Å²) in [5.41, 5.74) is 2.03. The number of allylic oxidation sites excluding steroid dienone is 4. The van der Waals surface area contributed by atoms with E-state index in [2.05, 4.69) is 6.08 Å². The van der Waals surface area contributed by atoms with E-state index in [0.29, 0.717) is 11.3 Å². The van der Waals surface area contributed by atoms with Crippen molar-refractivity contribution in [1.29, 1.82) is 0 Å². The van der Waals surface area contributed by atoms with Crippen LogP contribution in [0.15, 0.2) is 29.0 Å².